The number of rotatable bonds is 3. The van der Waals surface area contributed by atoms with Crippen molar-refractivity contribution in [3.63, 3.8) is 0 Å². The fourth-order valence-corrected chi connectivity index (χ4v) is 0.909. The van der Waals surface area contributed by atoms with Gasteiger partial charge in [0.05, 0.1) is 6.54 Å². The van der Waals surface area contributed by atoms with Crippen LogP contribution in [0.1, 0.15) is 0 Å². The van der Waals surface area contributed by atoms with Crippen LogP contribution in [0.2, 0.25) is 0 Å². The molecule has 1 rings (SSSR count). The highest BCUT2D eigenvalue weighted by atomic mass is 19.1. The number of halogens is 1. The van der Waals surface area contributed by atoms with Gasteiger partial charge in [0.2, 0.25) is 6.17 Å². The van der Waals surface area contributed by atoms with Crippen molar-refractivity contribution in [1.82, 2.24) is 9.55 Å². The van der Waals surface area contributed by atoms with Crippen LogP contribution in [-0.2, 0) is 16.2 Å². The third kappa shape index (κ3) is 2.74. The van der Waals surface area contributed by atoms with Gasteiger partial charge in [0.15, 0.2) is 0 Å². The normalized spacial score (nSPS) is 12.1. The molecule has 1 atom stereocenters. The van der Waals surface area contributed by atoms with Crippen LogP contribution in [-0.4, -0.2) is 21.7 Å². The number of hydrogen-bond acceptors (Lipinski definition) is 5. The molecule has 0 fully saturated rings. The first-order chi connectivity index (χ1) is 7.04. The van der Waals surface area contributed by atoms with E-state index in [4.69, 9.17) is 0 Å². The van der Waals surface area contributed by atoms with Gasteiger partial charge in [-0.1, -0.05) is 0 Å². The van der Waals surface area contributed by atoms with Gasteiger partial charge in [0.25, 0.3) is 5.56 Å². The number of aromatic amines is 1. The van der Waals surface area contributed by atoms with Crippen LogP contribution in [0.5, 0.6) is 0 Å². The lowest BCUT2D eigenvalue weighted by molar-refractivity contribution is -0.150. The standard InChI is InChI=1S/C7H8FN3O4/c8-4(6(13)15-9)3-11-2-1-5(12)10-7(11)14/h1-2,4H,3,9H2,(H,10,12,14). The summed E-state index contributed by atoms with van der Waals surface area (Å²) in [5.41, 5.74) is -1.41. The van der Waals surface area contributed by atoms with Gasteiger partial charge in [-0.15, -0.1) is 0 Å². The van der Waals surface area contributed by atoms with E-state index < -0.39 is 29.9 Å². The molecule has 0 radical (unpaired) electrons. The molecular weight excluding hydrogens is 209 g/mol. The van der Waals surface area contributed by atoms with Gasteiger partial charge >= 0.3 is 11.7 Å². The number of nitrogens with one attached hydrogen (secondary N) is 1. The summed E-state index contributed by atoms with van der Waals surface area (Å²) in [7, 11) is 0. The molecule has 3 N–H and O–H groups in total. The van der Waals surface area contributed by atoms with Gasteiger partial charge in [0, 0.05) is 12.3 Å². The lowest BCUT2D eigenvalue weighted by Crippen LogP contribution is -2.34. The van der Waals surface area contributed by atoms with Gasteiger partial charge in [-0.3, -0.25) is 14.3 Å². The molecule has 0 aliphatic carbocycles. The highest BCUT2D eigenvalue weighted by molar-refractivity contribution is 5.73. The second kappa shape index (κ2) is 4.51. The zero-order valence-corrected chi connectivity index (χ0v) is 7.47. The molecule has 0 bridgehead atoms. The highest BCUT2D eigenvalue weighted by Gasteiger charge is 2.19. The molecule has 0 amide bonds. The molecule has 7 nitrogen and oxygen atoms in total. The van der Waals surface area contributed by atoms with Crippen LogP contribution < -0.4 is 17.1 Å². The number of alkyl halides is 1. The minimum absolute atomic E-state index is 0.564. The largest absolute Gasteiger partial charge is 0.371 e. The van der Waals surface area contributed by atoms with Gasteiger partial charge in [-0.25, -0.2) is 14.0 Å². The van der Waals surface area contributed by atoms with Gasteiger partial charge in [0.1, 0.15) is 0 Å². The Labute approximate surface area is 82.2 Å². The van der Waals surface area contributed by atoms with Crippen molar-refractivity contribution >= 4 is 5.97 Å². The maximum atomic E-state index is 13.0. The van der Waals surface area contributed by atoms with E-state index in [1.165, 1.54) is 0 Å². The molecule has 15 heavy (non-hydrogen) atoms. The first-order valence-corrected chi connectivity index (χ1v) is 3.89. The minimum Gasteiger partial charge on any atom is -0.371 e. The van der Waals surface area contributed by atoms with Crippen molar-refractivity contribution in [3.8, 4) is 0 Å². The quantitative estimate of drug-likeness (QED) is 0.586. The molecule has 0 spiro atoms. The lowest BCUT2D eigenvalue weighted by Gasteiger charge is -2.06. The van der Waals surface area contributed by atoms with Gasteiger partial charge < -0.3 is 4.84 Å². The molecule has 1 unspecified atom stereocenters. The number of nitrogens with zero attached hydrogens (tertiary/aromatic N) is 1. The number of carbonyl (C=O) groups is 1. The van der Waals surface area contributed by atoms with E-state index in [0.29, 0.717) is 0 Å². The maximum Gasteiger partial charge on any atom is 0.361 e. The maximum absolute atomic E-state index is 13.0. The number of nitrogens with two attached hydrogens (primary N) is 1. The van der Waals surface area contributed by atoms with Crippen LogP contribution in [0.25, 0.3) is 0 Å². The van der Waals surface area contributed by atoms with E-state index in [1.54, 1.807) is 0 Å². The third-order valence-corrected chi connectivity index (χ3v) is 1.63. The average Bonchev–Trinajstić information content (AvgIpc) is 2.20. The predicted molar refractivity (Wildman–Crippen MR) is 46.5 cm³/mol. The fraction of sp³-hybridized carbons (Fsp3) is 0.286. The van der Waals surface area contributed by atoms with E-state index in [1.807, 2.05) is 4.98 Å². The number of hydrogen-bond donors (Lipinski definition) is 2. The zero-order chi connectivity index (χ0) is 11.4. The third-order valence-electron chi connectivity index (χ3n) is 1.63. The Hall–Kier alpha value is -1.96. The van der Waals surface area contributed by atoms with Crippen molar-refractivity contribution in [2.75, 3.05) is 0 Å². The molecule has 0 saturated heterocycles. The van der Waals surface area contributed by atoms with Crippen molar-refractivity contribution in [1.29, 1.82) is 0 Å². The zero-order valence-electron chi connectivity index (χ0n) is 7.47. The lowest BCUT2D eigenvalue weighted by atomic mass is 10.4. The second-order valence-electron chi connectivity index (χ2n) is 2.67. The Kier molecular flexibility index (Phi) is 3.34. The van der Waals surface area contributed by atoms with Crippen LogP contribution in [0.4, 0.5) is 4.39 Å². The highest BCUT2D eigenvalue weighted by Crippen LogP contribution is 1.95. The summed E-state index contributed by atoms with van der Waals surface area (Å²) in [4.78, 5) is 37.8. The Bertz CT molecular complexity index is 466. The van der Waals surface area contributed by atoms with Crippen LogP contribution in [0, 0.1) is 0 Å². The van der Waals surface area contributed by atoms with Crippen LogP contribution in [0.15, 0.2) is 21.9 Å². The van der Waals surface area contributed by atoms with E-state index in [-0.39, 0.29) is 0 Å². The molecule has 8 heteroatoms. The number of H-pyrrole nitrogens is 1. The molecule has 0 aliphatic heterocycles. The summed E-state index contributed by atoms with van der Waals surface area (Å²) in [6.07, 6.45) is -0.990. The molecular formula is C7H8FN3O4. The monoisotopic (exact) mass is 217 g/mol. The minimum atomic E-state index is -2.06. The van der Waals surface area contributed by atoms with Crippen LogP contribution in [0.3, 0.4) is 0 Å². The van der Waals surface area contributed by atoms with E-state index in [2.05, 4.69) is 10.7 Å². The molecule has 1 aromatic rings. The Balaban J connectivity index is 2.86. The summed E-state index contributed by atoms with van der Waals surface area (Å²) in [6, 6.07) is 1.03. The summed E-state index contributed by atoms with van der Waals surface area (Å²) in [5, 5.41) is 0. The first kappa shape index (κ1) is 11.1. The fourth-order valence-electron chi connectivity index (χ4n) is 0.909. The molecule has 0 aliphatic rings. The molecule has 0 saturated carbocycles. The summed E-state index contributed by atoms with van der Waals surface area (Å²) >= 11 is 0. The van der Waals surface area contributed by atoms with Gasteiger partial charge in [-0.2, -0.15) is 5.90 Å². The van der Waals surface area contributed by atoms with Crippen molar-refractivity contribution in [2.45, 2.75) is 12.7 Å². The van der Waals surface area contributed by atoms with Crippen LogP contribution >= 0.6 is 0 Å². The smallest absolute Gasteiger partial charge is 0.361 e. The SMILES string of the molecule is NOC(=O)C(F)Cn1ccc(=O)[nH]c1=O. The summed E-state index contributed by atoms with van der Waals surface area (Å²) in [6.45, 7) is -0.564. The Morgan fingerprint density at radius 2 is 2.33 bits per heavy atom. The molecule has 1 heterocycles. The summed E-state index contributed by atoms with van der Waals surface area (Å²) in [5.74, 6) is 3.17. The van der Waals surface area contributed by atoms with Crippen molar-refractivity contribution in [2.24, 2.45) is 5.90 Å². The number of aromatic nitrogens is 2. The first-order valence-electron chi connectivity index (χ1n) is 3.89. The summed E-state index contributed by atoms with van der Waals surface area (Å²) < 4.78 is 13.8. The Morgan fingerprint density at radius 1 is 1.67 bits per heavy atom. The van der Waals surface area contributed by atoms with E-state index in [9.17, 15) is 18.8 Å². The Morgan fingerprint density at radius 3 is 2.87 bits per heavy atom. The van der Waals surface area contributed by atoms with Crippen molar-refractivity contribution < 1.29 is 14.0 Å². The van der Waals surface area contributed by atoms with Gasteiger partial charge in [-0.05, 0) is 0 Å². The molecule has 82 valence electrons. The number of carbonyl (C=O) groups excluding carboxylic acids is 1. The average molecular weight is 217 g/mol. The second-order valence-corrected chi connectivity index (χ2v) is 2.67. The van der Waals surface area contributed by atoms with Crippen molar-refractivity contribution in [3.05, 3.63) is 33.1 Å². The molecule has 1 aromatic heterocycles. The van der Waals surface area contributed by atoms with E-state index >= 15 is 0 Å². The van der Waals surface area contributed by atoms with E-state index in [0.717, 1.165) is 16.8 Å². The predicted octanol–water partition coefficient (Wildman–Crippen LogP) is -1.71. The molecule has 0 aromatic carbocycles. The topological polar surface area (TPSA) is 107 Å².